The molecule has 0 amide bonds. The Labute approximate surface area is 139 Å². The molecule has 4 nitrogen and oxygen atoms in total. The standard InChI is InChI=1S/C18H18N2O2S/c1-3-22-15-6-4-14(5-7-15)16-12-23-17(19-16)11-20-9-8-13(2)10-18(20)21/h4-10,12H,3,11H2,1-2H3. The second-order valence-electron chi connectivity index (χ2n) is 5.25. The highest BCUT2D eigenvalue weighted by Gasteiger charge is 2.06. The first-order chi connectivity index (χ1) is 11.2. The van der Waals surface area contributed by atoms with Gasteiger partial charge in [0.15, 0.2) is 0 Å². The minimum absolute atomic E-state index is 0.00261. The fraction of sp³-hybridized carbons (Fsp3) is 0.222. The van der Waals surface area contributed by atoms with Gasteiger partial charge in [-0.3, -0.25) is 4.79 Å². The van der Waals surface area contributed by atoms with Gasteiger partial charge in [-0.15, -0.1) is 11.3 Å². The fourth-order valence-corrected chi connectivity index (χ4v) is 3.09. The molecule has 0 aliphatic carbocycles. The van der Waals surface area contributed by atoms with Crippen LogP contribution in [-0.4, -0.2) is 16.2 Å². The van der Waals surface area contributed by atoms with Crippen LogP contribution in [0.5, 0.6) is 5.75 Å². The molecule has 2 aromatic heterocycles. The maximum atomic E-state index is 11.9. The molecule has 2 heterocycles. The summed E-state index contributed by atoms with van der Waals surface area (Å²) < 4.78 is 7.12. The van der Waals surface area contributed by atoms with E-state index in [0.717, 1.165) is 27.6 Å². The van der Waals surface area contributed by atoms with Crippen molar-refractivity contribution in [1.29, 1.82) is 0 Å². The van der Waals surface area contributed by atoms with E-state index in [2.05, 4.69) is 4.98 Å². The third-order valence-corrected chi connectivity index (χ3v) is 4.30. The fourth-order valence-electron chi connectivity index (χ4n) is 2.29. The molecule has 0 saturated heterocycles. The van der Waals surface area contributed by atoms with Gasteiger partial charge < -0.3 is 9.30 Å². The molecule has 5 heteroatoms. The normalized spacial score (nSPS) is 10.7. The van der Waals surface area contributed by atoms with E-state index in [4.69, 9.17) is 4.74 Å². The first-order valence-corrected chi connectivity index (χ1v) is 8.38. The van der Waals surface area contributed by atoms with Gasteiger partial charge in [-0.25, -0.2) is 4.98 Å². The Kier molecular flexibility index (Phi) is 4.57. The van der Waals surface area contributed by atoms with Gasteiger partial charge in [-0.1, -0.05) is 0 Å². The molecule has 1 aromatic carbocycles. The zero-order valence-electron chi connectivity index (χ0n) is 13.2. The maximum Gasteiger partial charge on any atom is 0.251 e. The summed E-state index contributed by atoms with van der Waals surface area (Å²) in [6.45, 7) is 5.04. The lowest BCUT2D eigenvalue weighted by atomic mass is 10.2. The Morgan fingerprint density at radius 1 is 1.22 bits per heavy atom. The van der Waals surface area contributed by atoms with E-state index in [1.165, 1.54) is 0 Å². The van der Waals surface area contributed by atoms with Crippen LogP contribution in [0.25, 0.3) is 11.3 Å². The van der Waals surface area contributed by atoms with Crippen molar-refractivity contribution in [3.05, 3.63) is 68.9 Å². The largest absolute Gasteiger partial charge is 0.494 e. The number of rotatable bonds is 5. The molecule has 0 saturated carbocycles. The van der Waals surface area contributed by atoms with Gasteiger partial charge in [0.05, 0.1) is 18.8 Å². The Bertz CT molecular complexity index is 850. The molecule has 0 aliphatic heterocycles. The zero-order chi connectivity index (χ0) is 16.2. The smallest absolute Gasteiger partial charge is 0.251 e. The molecule has 0 bridgehead atoms. The van der Waals surface area contributed by atoms with E-state index in [-0.39, 0.29) is 5.56 Å². The predicted molar refractivity (Wildman–Crippen MR) is 93.3 cm³/mol. The van der Waals surface area contributed by atoms with Crippen LogP contribution in [0.15, 0.2) is 52.8 Å². The Morgan fingerprint density at radius 2 is 2.00 bits per heavy atom. The van der Waals surface area contributed by atoms with E-state index < -0.39 is 0 Å². The predicted octanol–water partition coefficient (Wildman–Crippen LogP) is 3.73. The van der Waals surface area contributed by atoms with E-state index in [9.17, 15) is 4.79 Å². The van der Waals surface area contributed by atoms with Crippen molar-refractivity contribution in [3.8, 4) is 17.0 Å². The molecule has 118 valence electrons. The van der Waals surface area contributed by atoms with Gasteiger partial charge in [0.1, 0.15) is 10.8 Å². The van der Waals surface area contributed by atoms with Crippen LogP contribution in [0, 0.1) is 6.92 Å². The maximum absolute atomic E-state index is 11.9. The van der Waals surface area contributed by atoms with E-state index >= 15 is 0 Å². The molecular formula is C18H18N2O2S. The van der Waals surface area contributed by atoms with Crippen LogP contribution in [0.2, 0.25) is 0 Å². The van der Waals surface area contributed by atoms with Crippen molar-refractivity contribution in [2.75, 3.05) is 6.61 Å². The first-order valence-electron chi connectivity index (χ1n) is 7.50. The van der Waals surface area contributed by atoms with Gasteiger partial charge in [0, 0.05) is 23.2 Å². The molecule has 0 N–H and O–H groups in total. The number of thiazole rings is 1. The van der Waals surface area contributed by atoms with Gasteiger partial charge in [-0.2, -0.15) is 0 Å². The number of hydrogen-bond acceptors (Lipinski definition) is 4. The highest BCUT2D eigenvalue weighted by Crippen LogP contribution is 2.24. The van der Waals surface area contributed by atoms with Gasteiger partial charge >= 0.3 is 0 Å². The van der Waals surface area contributed by atoms with E-state index in [1.54, 1.807) is 22.0 Å². The summed E-state index contributed by atoms with van der Waals surface area (Å²) in [5.74, 6) is 0.859. The third-order valence-electron chi connectivity index (χ3n) is 3.47. The van der Waals surface area contributed by atoms with E-state index in [0.29, 0.717) is 13.2 Å². The van der Waals surface area contributed by atoms with Gasteiger partial charge in [-0.05, 0) is 49.7 Å². The molecular weight excluding hydrogens is 308 g/mol. The minimum Gasteiger partial charge on any atom is -0.494 e. The van der Waals surface area contributed by atoms with Crippen molar-refractivity contribution >= 4 is 11.3 Å². The summed E-state index contributed by atoms with van der Waals surface area (Å²) in [6.07, 6.45) is 1.82. The number of nitrogens with zero attached hydrogens (tertiary/aromatic N) is 2. The lowest BCUT2D eigenvalue weighted by molar-refractivity contribution is 0.340. The van der Waals surface area contributed by atoms with Crippen LogP contribution in [0.3, 0.4) is 0 Å². The molecule has 0 aliphatic rings. The molecule has 0 unspecified atom stereocenters. The quantitative estimate of drug-likeness (QED) is 0.717. The topological polar surface area (TPSA) is 44.1 Å². The average molecular weight is 326 g/mol. The summed E-state index contributed by atoms with van der Waals surface area (Å²) in [7, 11) is 0. The molecule has 0 atom stereocenters. The summed E-state index contributed by atoms with van der Waals surface area (Å²) >= 11 is 1.56. The van der Waals surface area contributed by atoms with Crippen molar-refractivity contribution in [1.82, 2.24) is 9.55 Å². The van der Waals surface area contributed by atoms with Gasteiger partial charge in [0.2, 0.25) is 0 Å². The van der Waals surface area contributed by atoms with Crippen LogP contribution in [0.4, 0.5) is 0 Å². The number of hydrogen-bond donors (Lipinski definition) is 0. The number of aromatic nitrogens is 2. The van der Waals surface area contributed by atoms with Crippen molar-refractivity contribution < 1.29 is 4.74 Å². The summed E-state index contributed by atoms with van der Waals surface area (Å²) in [6, 6.07) is 11.5. The zero-order valence-corrected chi connectivity index (χ0v) is 14.0. The molecule has 0 spiro atoms. The minimum atomic E-state index is 0.00261. The SMILES string of the molecule is CCOc1ccc(-c2csc(Cn3ccc(C)cc3=O)n2)cc1. The van der Waals surface area contributed by atoms with Gasteiger partial charge in [0.25, 0.3) is 5.56 Å². The van der Waals surface area contributed by atoms with Crippen molar-refractivity contribution in [2.24, 2.45) is 0 Å². The van der Waals surface area contributed by atoms with Crippen molar-refractivity contribution in [2.45, 2.75) is 20.4 Å². The lowest BCUT2D eigenvalue weighted by Gasteiger charge is -2.04. The Hall–Kier alpha value is -2.40. The Balaban J connectivity index is 1.78. The number of benzene rings is 1. The highest BCUT2D eigenvalue weighted by atomic mass is 32.1. The average Bonchev–Trinajstić information content (AvgIpc) is 3.00. The summed E-state index contributed by atoms with van der Waals surface area (Å²) in [5, 5.41) is 2.93. The molecule has 3 rings (SSSR count). The molecule has 0 fully saturated rings. The first kappa shape index (κ1) is 15.5. The number of pyridine rings is 1. The molecule has 3 aromatic rings. The Morgan fingerprint density at radius 3 is 2.70 bits per heavy atom. The second kappa shape index (κ2) is 6.79. The van der Waals surface area contributed by atoms with Crippen molar-refractivity contribution in [3.63, 3.8) is 0 Å². The van der Waals surface area contributed by atoms with Crippen LogP contribution < -0.4 is 10.3 Å². The molecule has 23 heavy (non-hydrogen) atoms. The van der Waals surface area contributed by atoms with E-state index in [1.807, 2.05) is 55.8 Å². The number of aryl methyl sites for hydroxylation is 1. The third kappa shape index (κ3) is 3.68. The number of ether oxygens (including phenoxy) is 1. The highest BCUT2D eigenvalue weighted by molar-refractivity contribution is 7.09. The van der Waals surface area contributed by atoms with Crippen LogP contribution in [0.1, 0.15) is 17.5 Å². The van der Waals surface area contributed by atoms with Crippen LogP contribution in [-0.2, 0) is 6.54 Å². The second-order valence-corrected chi connectivity index (χ2v) is 6.20. The lowest BCUT2D eigenvalue weighted by Crippen LogP contribution is -2.19. The molecule has 0 radical (unpaired) electrons. The summed E-state index contributed by atoms with van der Waals surface area (Å²) in [4.78, 5) is 16.6. The summed E-state index contributed by atoms with van der Waals surface area (Å²) in [5.41, 5.74) is 2.95. The van der Waals surface area contributed by atoms with Crippen LogP contribution >= 0.6 is 11.3 Å². The monoisotopic (exact) mass is 326 g/mol.